The Morgan fingerprint density at radius 3 is 2.15 bits per heavy atom. The van der Waals surface area contributed by atoms with E-state index < -0.39 is 9.05 Å². The molecule has 0 N–H and O–H groups in total. The largest absolute Gasteiger partial charge is 0.491 e. The highest BCUT2D eigenvalue weighted by Gasteiger charge is 2.30. The van der Waals surface area contributed by atoms with Gasteiger partial charge in [0.25, 0.3) is 0 Å². The summed E-state index contributed by atoms with van der Waals surface area (Å²) < 4.78 is 30.1. The summed E-state index contributed by atoms with van der Waals surface area (Å²) in [5, 5.41) is 0. The van der Waals surface area contributed by atoms with Gasteiger partial charge in [-0.05, 0) is 49.4 Å². The molecule has 114 valence electrons. The van der Waals surface area contributed by atoms with Crippen LogP contribution in [0, 0.1) is 11.3 Å². The third-order valence-corrected chi connectivity index (χ3v) is 5.40. The van der Waals surface area contributed by atoms with Crippen LogP contribution in [0.15, 0.2) is 27.1 Å². The molecule has 7 heteroatoms. The summed E-state index contributed by atoms with van der Waals surface area (Å²) in [6.45, 7) is 6.19. The van der Waals surface area contributed by atoms with Crippen molar-refractivity contribution in [1.29, 1.82) is 0 Å². The Hall–Kier alpha value is 0.220. The zero-order chi connectivity index (χ0) is 15.6. The zero-order valence-corrected chi connectivity index (χ0v) is 16.2. The lowest BCUT2D eigenvalue weighted by atomic mass is 9.82. The van der Waals surface area contributed by atoms with Gasteiger partial charge in [0.2, 0.25) is 9.05 Å². The molecule has 0 aromatic heterocycles. The van der Waals surface area contributed by atoms with Crippen LogP contribution >= 0.6 is 42.5 Å². The van der Waals surface area contributed by atoms with Gasteiger partial charge in [0.1, 0.15) is 5.75 Å². The topological polar surface area (TPSA) is 43.4 Å². The molecule has 1 aromatic carbocycles. The number of para-hydroxylation sites is 1. The zero-order valence-electron chi connectivity index (χ0n) is 11.5. The van der Waals surface area contributed by atoms with E-state index in [-0.39, 0.29) is 23.7 Å². The fourth-order valence-corrected chi connectivity index (χ4v) is 4.35. The van der Waals surface area contributed by atoms with Crippen LogP contribution in [0.5, 0.6) is 5.75 Å². The van der Waals surface area contributed by atoms with Crippen molar-refractivity contribution in [3.05, 3.63) is 27.1 Å². The van der Waals surface area contributed by atoms with Gasteiger partial charge >= 0.3 is 0 Å². The first-order chi connectivity index (χ1) is 9.00. The SMILES string of the molecule is CC(C)(C)C(COc1c(Br)cccc1Br)CS(=O)(=O)Cl. The molecule has 1 rings (SSSR count). The Bertz CT molecular complexity index is 547. The van der Waals surface area contributed by atoms with Gasteiger partial charge in [0, 0.05) is 16.6 Å². The number of halogens is 3. The van der Waals surface area contributed by atoms with Crippen LogP contribution in [0.1, 0.15) is 20.8 Å². The van der Waals surface area contributed by atoms with E-state index >= 15 is 0 Å². The first-order valence-electron chi connectivity index (χ1n) is 6.00. The maximum atomic E-state index is 11.3. The van der Waals surface area contributed by atoms with E-state index in [1.165, 1.54) is 0 Å². The predicted molar refractivity (Wildman–Crippen MR) is 89.9 cm³/mol. The lowest BCUT2D eigenvalue weighted by Crippen LogP contribution is -2.31. The number of hydrogen-bond donors (Lipinski definition) is 0. The molecule has 1 atom stereocenters. The fraction of sp³-hybridized carbons (Fsp3) is 0.538. The van der Waals surface area contributed by atoms with Crippen molar-refractivity contribution in [2.24, 2.45) is 11.3 Å². The Morgan fingerprint density at radius 1 is 1.25 bits per heavy atom. The molecule has 0 aliphatic heterocycles. The smallest absolute Gasteiger partial charge is 0.233 e. The second kappa shape index (κ2) is 6.99. The van der Waals surface area contributed by atoms with Crippen LogP contribution < -0.4 is 4.74 Å². The van der Waals surface area contributed by atoms with Crippen LogP contribution in [0.2, 0.25) is 0 Å². The number of ether oxygens (including phenoxy) is 1. The molecular formula is C13H17Br2ClO3S. The third kappa shape index (κ3) is 5.92. The molecule has 1 unspecified atom stereocenters. The molecule has 0 heterocycles. The summed E-state index contributed by atoms with van der Waals surface area (Å²) in [7, 11) is 1.81. The first-order valence-corrected chi connectivity index (χ1v) is 10.1. The van der Waals surface area contributed by atoms with Gasteiger partial charge in [-0.25, -0.2) is 8.42 Å². The molecule has 0 spiro atoms. The molecule has 0 saturated heterocycles. The maximum absolute atomic E-state index is 11.3. The van der Waals surface area contributed by atoms with Gasteiger partial charge in [-0.2, -0.15) is 0 Å². The van der Waals surface area contributed by atoms with Crippen molar-refractivity contribution in [3.63, 3.8) is 0 Å². The maximum Gasteiger partial charge on any atom is 0.233 e. The minimum absolute atomic E-state index is 0.111. The van der Waals surface area contributed by atoms with Crippen LogP contribution in [0.4, 0.5) is 0 Å². The van der Waals surface area contributed by atoms with E-state index in [0.717, 1.165) is 8.95 Å². The number of rotatable bonds is 5. The van der Waals surface area contributed by atoms with Gasteiger partial charge in [-0.15, -0.1) is 0 Å². The molecule has 0 saturated carbocycles. The van der Waals surface area contributed by atoms with Crippen LogP contribution in [0.3, 0.4) is 0 Å². The molecule has 1 aromatic rings. The number of benzene rings is 1. The Morgan fingerprint density at radius 2 is 1.75 bits per heavy atom. The molecule has 0 aliphatic rings. The van der Waals surface area contributed by atoms with E-state index in [2.05, 4.69) is 31.9 Å². The van der Waals surface area contributed by atoms with E-state index in [1.54, 1.807) is 0 Å². The quantitative estimate of drug-likeness (QED) is 0.607. The minimum Gasteiger partial charge on any atom is -0.491 e. The molecule has 3 nitrogen and oxygen atoms in total. The molecule has 0 aliphatic carbocycles. The second-order valence-electron chi connectivity index (χ2n) is 5.63. The standard InChI is InChI=1S/C13H17Br2ClO3S/c1-13(2,3)9(8-20(16,17)18)7-19-12-10(14)5-4-6-11(12)15/h4-6,9H,7-8H2,1-3H3. The normalized spacial score (nSPS) is 14.1. The summed E-state index contributed by atoms with van der Waals surface area (Å²) in [5.41, 5.74) is -0.226. The summed E-state index contributed by atoms with van der Waals surface area (Å²) in [4.78, 5) is 0. The lowest BCUT2D eigenvalue weighted by molar-refractivity contribution is 0.162. The van der Waals surface area contributed by atoms with E-state index in [4.69, 9.17) is 15.4 Å². The van der Waals surface area contributed by atoms with Crippen molar-refractivity contribution < 1.29 is 13.2 Å². The fourth-order valence-electron chi connectivity index (χ4n) is 1.59. The van der Waals surface area contributed by atoms with Crippen LogP contribution in [-0.2, 0) is 9.05 Å². The lowest BCUT2D eigenvalue weighted by Gasteiger charge is -2.29. The molecule has 20 heavy (non-hydrogen) atoms. The third-order valence-electron chi connectivity index (χ3n) is 2.97. The summed E-state index contributed by atoms with van der Waals surface area (Å²) >= 11 is 6.82. The van der Waals surface area contributed by atoms with Gasteiger partial charge in [-0.3, -0.25) is 0 Å². The van der Waals surface area contributed by atoms with Crippen LogP contribution in [-0.4, -0.2) is 20.8 Å². The summed E-state index contributed by atoms with van der Waals surface area (Å²) in [6, 6.07) is 5.61. The van der Waals surface area contributed by atoms with Crippen molar-refractivity contribution >= 4 is 51.6 Å². The van der Waals surface area contributed by atoms with Gasteiger partial charge in [-0.1, -0.05) is 26.8 Å². The predicted octanol–water partition coefficient (Wildman–Crippen LogP) is 4.82. The number of hydrogen-bond acceptors (Lipinski definition) is 3. The van der Waals surface area contributed by atoms with Gasteiger partial charge in [0.05, 0.1) is 21.3 Å². The van der Waals surface area contributed by atoms with E-state index in [1.807, 2.05) is 39.0 Å². The van der Waals surface area contributed by atoms with Crippen molar-refractivity contribution in [2.75, 3.05) is 12.4 Å². The molecular weight excluding hydrogens is 431 g/mol. The average molecular weight is 449 g/mol. The summed E-state index contributed by atoms with van der Waals surface area (Å²) in [5.74, 6) is 0.345. The monoisotopic (exact) mass is 446 g/mol. The van der Waals surface area contributed by atoms with E-state index in [0.29, 0.717) is 5.75 Å². The molecule has 0 fully saturated rings. The minimum atomic E-state index is -3.56. The molecule has 0 radical (unpaired) electrons. The Labute approximate surface area is 141 Å². The van der Waals surface area contributed by atoms with E-state index in [9.17, 15) is 8.42 Å². The van der Waals surface area contributed by atoms with Crippen molar-refractivity contribution in [3.8, 4) is 5.75 Å². The average Bonchev–Trinajstić information content (AvgIpc) is 2.23. The Kier molecular flexibility index (Phi) is 6.38. The highest BCUT2D eigenvalue weighted by atomic mass is 79.9. The van der Waals surface area contributed by atoms with Crippen molar-refractivity contribution in [2.45, 2.75) is 20.8 Å². The highest BCUT2D eigenvalue weighted by molar-refractivity contribution is 9.11. The first kappa shape index (κ1) is 18.3. The van der Waals surface area contributed by atoms with Gasteiger partial charge < -0.3 is 4.74 Å². The molecule has 0 bridgehead atoms. The van der Waals surface area contributed by atoms with Crippen LogP contribution in [0.25, 0.3) is 0 Å². The Balaban J connectivity index is 2.87. The summed E-state index contributed by atoms with van der Waals surface area (Å²) in [6.07, 6.45) is 0. The van der Waals surface area contributed by atoms with Crippen molar-refractivity contribution in [1.82, 2.24) is 0 Å². The van der Waals surface area contributed by atoms with Gasteiger partial charge in [0.15, 0.2) is 0 Å². The second-order valence-corrected chi connectivity index (χ2v) is 10.2. The molecule has 0 amide bonds. The highest BCUT2D eigenvalue weighted by Crippen LogP contribution is 2.35.